The topological polar surface area (TPSA) is 53.3 Å². The summed E-state index contributed by atoms with van der Waals surface area (Å²) in [4.78, 5) is 14.4. The van der Waals surface area contributed by atoms with E-state index in [4.69, 9.17) is 10.00 Å². The Labute approximate surface area is 131 Å². The van der Waals surface area contributed by atoms with E-state index in [1.165, 1.54) is 11.1 Å². The Balaban J connectivity index is 1.55. The van der Waals surface area contributed by atoms with E-state index in [9.17, 15) is 4.79 Å². The largest absolute Gasteiger partial charge is 0.460 e. The van der Waals surface area contributed by atoms with Crippen molar-refractivity contribution in [2.45, 2.75) is 58.3 Å². The zero-order valence-corrected chi connectivity index (χ0v) is 13.4. The Bertz CT molecular complexity index is 633. The second kappa shape index (κ2) is 5.40. The second-order valence-electron chi connectivity index (χ2n) is 7.36. The van der Waals surface area contributed by atoms with Gasteiger partial charge in [0.05, 0.1) is 17.6 Å². The SMILES string of the molecule is CC(C)(C)OC(=O)C1CC(N2Cc3ccc(C#N)cc3C2)C1. The van der Waals surface area contributed by atoms with Crippen LogP contribution in [0.4, 0.5) is 0 Å². The number of hydrogen-bond acceptors (Lipinski definition) is 4. The summed E-state index contributed by atoms with van der Waals surface area (Å²) in [6.45, 7) is 7.53. The Morgan fingerprint density at radius 2 is 1.95 bits per heavy atom. The molecule has 0 N–H and O–H groups in total. The van der Waals surface area contributed by atoms with Gasteiger partial charge in [0, 0.05) is 19.1 Å². The van der Waals surface area contributed by atoms with Gasteiger partial charge in [0.15, 0.2) is 0 Å². The van der Waals surface area contributed by atoms with Crippen LogP contribution < -0.4 is 0 Å². The predicted octanol–water partition coefficient (Wildman–Crippen LogP) is 2.99. The van der Waals surface area contributed by atoms with Gasteiger partial charge < -0.3 is 4.74 Å². The van der Waals surface area contributed by atoms with Crippen LogP contribution in [0.1, 0.15) is 50.3 Å². The molecular formula is C18H22N2O2. The number of fused-ring (bicyclic) bond motifs is 1. The molecule has 4 heteroatoms. The van der Waals surface area contributed by atoms with E-state index in [1.54, 1.807) is 0 Å². The average Bonchev–Trinajstić information content (AvgIpc) is 2.76. The van der Waals surface area contributed by atoms with Crippen LogP contribution in [0.2, 0.25) is 0 Å². The molecule has 0 amide bonds. The van der Waals surface area contributed by atoms with Crippen molar-refractivity contribution in [3.8, 4) is 6.07 Å². The number of ether oxygens (including phenoxy) is 1. The molecule has 0 spiro atoms. The van der Waals surface area contributed by atoms with Crippen molar-refractivity contribution in [3.63, 3.8) is 0 Å². The van der Waals surface area contributed by atoms with Gasteiger partial charge in [-0.25, -0.2) is 0 Å². The third kappa shape index (κ3) is 3.00. The molecular weight excluding hydrogens is 276 g/mol. The van der Waals surface area contributed by atoms with Gasteiger partial charge in [0.2, 0.25) is 0 Å². The van der Waals surface area contributed by atoms with E-state index in [1.807, 2.05) is 32.9 Å². The average molecular weight is 298 g/mol. The van der Waals surface area contributed by atoms with Gasteiger partial charge in [-0.1, -0.05) is 6.07 Å². The monoisotopic (exact) mass is 298 g/mol. The maximum absolute atomic E-state index is 12.0. The number of esters is 1. The minimum atomic E-state index is -0.403. The van der Waals surface area contributed by atoms with Gasteiger partial charge in [0.1, 0.15) is 5.60 Å². The minimum Gasteiger partial charge on any atom is -0.460 e. The summed E-state index contributed by atoms with van der Waals surface area (Å²) in [6.07, 6.45) is 1.77. The van der Waals surface area contributed by atoms with Crippen molar-refractivity contribution >= 4 is 5.97 Å². The van der Waals surface area contributed by atoms with E-state index < -0.39 is 5.60 Å². The molecule has 0 bridgehead atoms. The van der Waals surface area contributed by atoms with Gasteiger partial charge >= 0.3 is 5.97 Å². The van der Waals surface area contributed by atoms with Gasteiger partial charge in [-0.15, -0.1) is 0 Å². The normalized spacial score (nSPS) is 24.3. The van der Waals surface area contributed by atoms with Crippen molar-refractivity contribution in [3.05, 3.63) is 34.9 Å². The first-order chi connectivity index (χ1) is 10.4. The summed E-state index contributed by atoms with van der Waals surface area (Å²) in [5.41, 5.74) is 2.88. The van der Waals surface area contributed by atoms with Crippen molar-refractivity contribution in [1.82, 2.24) is 4.90 Å². The van der Waals surface area contributed by atoms with Gasteiger partial charge in [-0.2, -0.15) is 5.26 Å². The molecule has 116 valence electrons. The molecule has 4 nitrogen and oxygen atoms in total. The molecule has 1 saturated carbocycles. The van der Waals surface area contributed by atoms with Crippen LogP contribution >= 0.6 is 0 Å². The van der Waals surface area contributed by atoms with Gasteiger partial charge in [0.25, 0.3) is 0 Å². The number of nitriles is 1. The third-order valence-electron chi connectivity index (χ3n) is 4.45. The summed E-state index contributed by atoms with van der Waals surface area (Å²) in [5, 5.41) is 8.97. The second-order valence-corrected chi connectivity index (χ2v) is 7.36. The fourth-order valence-corrected chi connectivity index (χ4v) is 3.21. The Kier molecular flexibility index (Phi) is 3.70. The lowest BCUT2D eigenvalue weighted by Crippen LogP contribution is -2.46. The van der Waals surface area contributed by atoms with Crippen molar-refractivity contribution in [2.24, 2.45) is 5.92 Å². The highest BCUT2D eigenvalue weighted by atomic mass is 16.6. The molecule has 3 rings (SSSR count). The molecule has 1 aliphatic carbocycles. The Morgan fingerprint density at radius 3 is 2.59 bits per heavy atom. The van der Waals surface area contributed by atoms with Gasteiger partial charge in [-0.3, -0.25) is 9.69 Å². The summed E-state index contributed by atoms with van der Waals surface area (Å²) < 4.78 is 5.45. The van der Waals surface area contributed by atoms with Crippen molar-refractivity contribution in [2.75, 3.05) is 0 Å². The maximum atomic E-state index is 12.0. The zero-order valence-electron chi connectivity index (χ0n) is 13.4. The van der Waals surface area contributed by atoms with Crippen molar-refractivity contribution < 1.29 is 9.53 Å². The van der Waals surface area contributed by atoms with E-state index in [0.29, 0.717) is 6.04 Å². The quantitative estimate of drug-likeness (QED) is 0.788. The predicted molar refractivity (Wildman–Crippen MR) is 82.8 cm³/mol. The third-order valence-corrected chi connectivity index (χ3v) is 4.45. The molecule has 1 aromatic carbocycles. The van der Waals surface area contributed by atoms with Crippen LogP contribution in [0, 0.1) is 17.2 Å². The van der Waals surface area contributed by atoms with Crippen LogP contribution in [0.25, 0.3) is 0 Å². The number of carbonyl (C=O) groups excluding carboxylic acids is 1. The number of nitrogens with zero attached hydrogens (tertiary/aromatic N) is 2. The van der Waals surface area contributed by atoms with E-state index >= 15 is 0 Å². The number of carbonyl (C=O) groups is 1. The van der Waals surface area contributed by atoms with Gasteiger partial charge in [-0.05, 0) is 56.9 Å². The van der Waals surface area contributed by atoms with Crippen LogP contribution in [0.3, 0.4) is 0 Å². The molecule has 0 saturated heterocycles. The molecule has 0 aromatic heterocycles. The minimum absolute atomic E-state index is 0.0441. The molecule has 0 unspecified atom stereocenters. The lowest BCUT2D eigenvalue weighted by molar-refractivity contribution is -0.165. The maximum Gasteiger partial charge on any atom is 0.309 e. The summed E-state index contributed by atoms with van der Waals surface area (Å²) in [7, 11) is 0. The van der Waals surface area contributed by atoms with Crippen molar-refractivity contribution in [1.29, 1.82) is 5.26 Å². The van der Waals surface area contributed by atoms with E-state index in [0.717, 1.165) is 31.5 Å². The molecule has 2 aliphatic rings. The Morgan fingerprint density at radius 1 is 1.27 bits per heavy atom. The summed E-state index contributed by atoms with van der Waals surface area (Å²) in [5.74, 6) is -0.0187. The highest BCUT2D eigenvalue weighted by Gasteiger charge is 2.41. The molecule has 1 fully saturated rings. The molecule has 22 heavy (non-hydrogen) atoms. The number of benzene rings is 1. The van der Waals surface area contributed by atoms with E-state index in [2.05, 4.69) is 17.0 Å². The first-order valence-electron chi connectivity index (χ1n) is 7.84. The van der Waals surface area contributed by atoms with Crippen LogP contribution in [-0.2, 0) is 22.6 Å². The first-order valence-corrected chi connectivity index (χ1v) is 7.84. The standard InChI is InChI=1S/C18H22N2O2/c1-18(2,3)22-17(21)14-7-16(8-14)20-10-13-5-4-12(9-19)6-15(13)11-20/h4-6,14,16H,7-8,10-11H2,1-3H3. The number of rotatable bonds is 2. The fourth-order valence-electron chi connectivity index (χ4n) is 3.21. The fraction of sp³-hybridized carbons (Fsp3) is 0.556. The van der Waals surface area contributed by atoms with Crippen LogP contribution in [0.5, 0.6) is 0 Å². The van der Waals surface area contributed by atoms with E-state index in [-0.39, 0.29) is 11.9 Å². The first kappa shape index (κ1) is 15.1. The molecule has 1 aliphatic heterocycles. The molecule has 0 atom stereocenters. The number of hydrogen-bond donors (Lipinski definition) is 0. The smallest absolute Gasteiger partial charge is 0.309 e. The highest BCUT2D eigenvalue weighted by molar-refractivity contribution is 5.74. The summed E-state index contributed by atoms with van der Waals surface area (Å²) in [6, 6.07) is 8.57. The summed E-state index contributed by atoms with van der Waals surface area (Å²) >= 11 is 0. The molecule has 1 aromatic rings. The van der Waals surface area contributed by atoms with Crippen LogP contribution in [0.15, 0.2) is 18.2 Å². The lowest BCUT2D eigenvalue weighted by atomic mass is 9.79. The highest BCUT2D eigenvalue weighted by Crippen LogP contribution is 2.38. The zero-order chi connectivity index (χ0) is 15.9. The molecule has 1 heterocycles. The Hall–Kier alpha value is -1.86. The van der Waals surface area contributed by atoms with Crippen LogP contribution in [-0.4, -0.2) is 22.5 Å². The molecule has 0 radical (unpaired) electrons. The lowest BCUT2D eigenvalue weighted by Gasteiger charge is -2.40.